The van der Waals surface area contributed by atoms with Crippen LogP contribution in [0.25, 0.3) is 0 Å². The fraction of sp³-hybridized carbons (Fsp3) is 0.667. The Kier molecular flexibility index (Phi) is 3.44. The summed E-state index contributed by atoms with van der Waals surface area (Å²) in [6.07, 6.45) is 4.83. The summed E-state index contributed by atoms with van der Waals surface area (Å²) in [5, 5.41) is 3.47. The van der Waals surface area contributed by atoms with Crippen LogP contribution >= 0.6 is 0 Å². The van der Waals surface area contributed by atoms with E-state index in [0.717, 1.165) is 25.6 Å². The second kappa shape index (κ2) is 4.81. The van der Waals surface area contributed by atoms with Crippen LogP contribution in [-0.2, 0) is 6.54 Å². The van der Waals surface area contributed by atoms with E-state index < -0.39 is 0 Å². The molecule has 2 rings (SSSR count). The molecule has 1 aromatic heterocycles. The first-order valence-electron chi connectivity index (χ1n) is 5.73. The van der Waals surface area contributed by atoms with Gasteiger partial charge in [0.25, 0.3) is 0 Å². The van der Waals surface area contributed by atoms with Crippen LogP contribution < -0.4 is 5.32 Å². The molecule has 0 saturated carbocycles. The molecule has 0 spiro atoms. The highest BCUT2D eigenvalue weighted by molar-refractivity contribution is 5.05. The minimum absolute atomic E-state index is 0.671. The molecule has 1 aliphatic rings. The molecule has 1 saturated heterocycles. The van der Waals surface area contributed by atoms with Gasteiger partial charge in [0.1, 0.15) is 0 Å². The largest absolute Gasteiger partial charge is 0.472 e. The standard InChI is InChI=1S/C12H20N2O/c1-3-11-6-13-7-12(11)14(2)8-10-4-5-15-9-10/h4-5,9,11-13H,3,6-8H2,1-2H3. The van der Waals surface area contributed by atoms with Gasteiger partial charge >= 0.3 is 0 Å². The van der Waals surface area contributed by atoms with Gasteiger partial charge in [-0.3, -0.25) is 4.90 Å². The molecule has 3 heteroatoms. The highest BCUT2D eigenvalue weighted by Gasteiger charge is 2.28. The molecule has 1 aliphatic heterocycles. The third-order valence-electron chi connectivity index (χ3n) is 3.41. The zero-order valence-electron chi connectivity index (χ0n) is 9.57. The van der Waals surface area contributed by atoms with Crippen LogP contribution in [0.1, 0.15) is 18.9 Å². The van der Waals surface area contributed by atoms with E-state index >= 15 is 0 Å². The molecule has 0 aromatic carbocycles. The molecule has 3 nitrogen and oxygen atoms in total. The average molecular weight is 208 g/mol. The highest BCUT2D eigenvalue weighted by Crippen LogP contribution is 2.19. The van der Waals surface area contributed by atoms with E-state index in [4.69, 9.17) is 4.42 Å². The SMILES string of the molecule is CCC1CNCC1N(C)Cc1ccoc1. The van der Waals surface area contributed by atoms with Gasteiger partial charge in [0, 0.05) is 24.7 Å². The van der Waals surface area contributed by atoms with Crippen molar-refractivity contribution >= 4 is 0 Å². The predicted octanol–water partition coefficient (Wildman–Crippen LogP) is 1.71. The van der Waals surface area contributed by atoms with E-state index in [0.29, 0.717) is 6.04 Å². The Hall–Kier alpha value is -0.800. The summed E-state index contributed by atoms with van der Waals surface area (Å²) < 4.78 is 5.09. The fourth-order valence-electron chi connectivity index (χ4n) is 2.44. The number of nitrogens with one attached hydrogen (secondary N) is 1. The lowest BCUT2D eigenvalue weighted by molar-refractivity contribution is 0.200. The second-order valence-corrected chi connectivity index (χ2v) is 4.44. The molecule has 2 atom stereocenters. The molecule has 0 aliphatic carbocycles. The maximum atomic E-state index is 5.09. The van der Waals surface area contributed by atoms with Crippen LogP contribution in [0, 0.1) is 5.92 Å². The van der Waals surface area contributed by atoms with Gasteiger partial charge in [0.2, 0.25) is 0 Å². The van der Waals surface area contributed by atoms with E-state index in [1.807, 2.05) is 12.3 Å². The van der Waals surface area contributed by atoms with Crippen LogP contribution in [0.5, 0.6) is 0 Å². The van der Waals surface area contributed by atoms with Crippen molar-refractivity contribution in [3.8, 4) is 0 Å². The minimum atomic E-state index is 0.671. The Bertz CT molecular complexity index is 284. The number of hydrogen-bond acceptors (Lipinski definition) is 3. The van der Waals surface area contributed by atoms with Crippen molar-refractivity contribution in [2.75, 3.05) is 20.1 Å². The van der Waals surface area contributed by atoms with Crippen molar-refractivity contribution in [2.45, 2.75) is 25.9 Å². The predicted molar refractivity (Wildman–Crippen MR) is 60.6 cm³/mol. The minimum Gasteiger partial charge on any atom is -0.472 e. The van der Waals surface area contributed by atoms with Crippen LogP contribution in [0.3, 0.4) is 0 Å². The number of furan rings is 1. The highest BCUT2D eigenvalue weighted by atomic mass is 16.3. The fourth-order valence-corrected chi connectivity index (χ4v) is 2.44. The van der Waals surface area contributed by atoms with Gasteiger partial charge in [0.15, 0.2) is 0 Å². The molecule has 2 heterocycles. The van der Waals surface area contributed by atoms with Gasteiger partial charge < -0.3 is 9.73 Å². The van der Waals surface area contributed by atoms with Crippen molar-refractivity contribution in [1.29, 1.82) is 0 Å². The summed E-state index contributed by atoms with van der Waals surface area (Å²) in [4.78, 5) is 2.43. The van der Waals surface area contributed by atoms with Gasteiger partial charge in [-0.1, -0.05) is 13.3 Å². The Morgan fingerprint density at radius 1 is 1.53 bits per heavy atom. The summed E-state index contributed by atoms with van der Waals surface area (Å²) in [5.74, 6) is 0.793. The first-order valence-corrected chi connectivity index (χ1v) is 5.73. The Labute approximate surface area is 91.4 Å². The molecule has 15 heavy (non-hydrogen) atoms. The molecule has 1 N–H and O–H groups in total. The summed E-state index contributed by atoms with van der Waals surface area (Å²) in [6.45, 7) is 5.54. The van der Waals surface area contributed by atoms with Crippen molar-refractivity contribution in [3.05, 3.63) is 24.2 Å². The van der Waals surface area contributed by atoms with E-state index in [2.05, 4.69) is 24.2 Å². The van der Waals surface area contributed by atoms with Gasteiger partial charge in [-0.2, -0.15) is 0 Å². The zero-order valence-corrected chi connectivity index (χ0v) is 9.57. The zero-order chi connectivity index (χ0) is 10.7. The van der Waals surface area contributed by atoms with Crippen LogP contribution in [0.15, 0.2) is 23.0 Å². The lowest BCUT2D eigenvalue weighted by Gasteiger charge is -2.27. The average Bonchev–Trinajstić information content (AvgIpc) is 2.86. The maximum Gasteiger partial charge on any atom is 0.0947 e. The maximum absolute atomic E-state index is 5.09. The summed E-state index contributed by atoms with van der Waals surface area (Å²) in [5.41, 5.74) is 1.26. The van der Waals surface area contributed by atoms with Crippen molar-refractivity contribution in [1.82, 2.24) is 10.2 Å². The third kappa shape index (κ3) is 2.41. The number of rotatable bonds is 4. The van der Waals surface area contributed by atoms with Crippen molar-refractivity contribution < 1.29 is 4.42 Å². The van der Waals surface area contributed by atoms with E-state index in [-0.39, 0.29) is 0 Å². The lowest BCUT2D eigenvalue weighted by Crippen LogP contribution is -2.37. The Morgan fingerprint density at radius 3 is 3.07 bits per heavy atom. The molecule has 1 fully saturated rings. The molecular weight excluding hydrogens is 188 g/mol. The Morgan fingerprint density at radius 2 is 2.40 bits per heavy atom. The summed E-state index contributed by atoms with van der Waals surface area (Å²) >= 11 is 0. The second-order valence-electron chi connectivity index (χ2n) is 4.44. The summed E-state index contributed by atoms with van der Waals surface area (Å²) in [7, 11) is 2.20. The smallest absolute Gasteiger partial charge is 0.0947 e. The summed E-state index contributed by atoms with van der Waals surface area (Å²) in [6, 6.07) is 2.71. The van der Waals surface area contributed by atoms with E-state index in [1.165, 1.54) is 12.0 Å². The van der Waals surface area contributed by atoms with E-state index in [9.17, 15) is 0 Å². The molecule has 2 unspecified atom stereocenters. The monoisotopic (exact) mass is 208 g/mol. The third-order valence-corrected chi connectivity index (χ3v) is 3.41. The van der Waals surface area contributed by atoms with Gasteiger partial charge in [-0.05, 0) is 25.6 Å². The van der Waals surface area contributed by atoms with Crippen LogP contribution in [0.4, 0.5) is 0 Å². The number of nitrogens with zero attached hydrogens (tertiary/aromatic N) is 1. The van der Waals surface area contributed by atoms with E-state index in [1.54, 1.807) is 6.26 Å². The normalized spacial score (nSPS) is 26.3. The van der Waals surface area contributed by atoms with Gasteiger partial charge in [-0.15, -0.1) is 0 Å². The lowest BCUT2D eigenvalue weighted by atomic mass is 9.99. The first-order chi connectivity index (χ1) is 7.31. The topological polar surface area (TPSA) is 28.4 Å². The van der Waals surface area contributed by atoms with Gasteiger partial charge in [-0.25, -0.2) is 0 Å². The number of hydrogen-bond donors (Lipinski definition) is 1. The van der Waals surface area contributed by atoms with Crippen molar-refractivity contribution in [2.24, 2.45) is 5.92 Å². The number of likely N-dealkylation sites (N-methyl/N-ethyl adjacent to an activating group) is 1. The quantitative estimate of drug-likeness (QED) is 0.816. The molecule has 84 valence electrons. The van der Waals surface area contributed by atoms with Crippen LogP contribution in [0.2, 0.25) is 0 Å². The van der Waals surface area contributed by atoms with Crippen molar-refractivity contribution in [3.63, 3.8) is 0 Å². The van der Waals surface area contributed by atoms with Crippen LogP contribution in [-0.4, -0.2) is 31.1 Å². The Balaban J connectivity index is 1.92. The molecule has 0 radical (unpaired) electrons. The van der Waals surface area contributed by atoms with Gasteiger partial charge in [0.05, 0.1) is 12.5 Å². The first kappa shape index (κ1) is 10.7. The molecule has 0 bridgehead atoms. The molecule has 1 aromatic rings. The molecular formula is C12H20N2O. The molecule has 0 amide bonds.